The Kier molecular flexibility index (Phi) is 5.33. The van der Waals surface area contributed by atoms with Crippen molar-refractivity contribution in [1.82, 2.24) is 5.32 Å². The molecular formula is C13H17Br2NO2. The van der Waals surface area contributed by atoms with Gasteiger partial charge in [-0.1, -0.05) is 0 Å². The minimum atomic E-state index is 0.603. The first kappa shape index (κ1) is 14.2. The number of benzene rings is 1. The summed E-state index contributed by atoms with van der Waals surface area (Å²) >= 11 is 6.97. The second kappa shape index (κ2) is 6.78. The largest absolute Gasteiger partial charge is 0.496 e. The van der Waals surface area contributed by atoms with E-state index in [1.54, 1.807) is 7.11 Å². The van der Waals surface area contributed by atoms with Crippen LogP contribution in [0.4, 0.5) is 0 Å². The van der Waals surface area contributed by atoms with Gasteiger partial charge in [0, 0.05) is 12.5 Å². The zero-order valence-electron chi connectivity index (χ0n) is 10.3. The molecule has 1 aromatic carbocycles. The summed E-state index contributed by atoms with van der Waals surface area (Å²) in [4.78, 5) is 0. The lowest BCUT2D eigenvalue weighted by molar-refractivity contribution is 0.217. The van der Waals surface area contributed by atoms with Gasteiger partial charge >= 0.3 is 0 Å². The lowest BCUT2D eigenvalue weighted by Crippen LogP contribution is -2.33. The van der Waals surface area contributed by atoms with E-state index in [4.69, 9.17) is 9.47 Å². The molecule has 1 unspecified atom stereocenters. The third-order valence-corrected chi connectivity index (χ3v) is 4.32. The minimum Gasteiger partial charge on any atom is -0.496 e. The number of methoxy groups -OCH3 is 1. The Morgan fingerprint density at radius 1 is 1.28 bits per heavy atom. The summed E-state index contributed by atoms with van der Waals surface area (Å²) < 4.78 is 12.9. The summed E-state index contributed by atoms with van der Waals surface area (Å²) in [6.45, 7) is 2.94. The molecule has 1 aromatic rings. The molecule has 1 fully saturated rings. The summed E-state index contributed by atoms with van der Waals surface area (Å²) in [5.41, 5.74) is 0. The molecule has 0 saturated carbocycles. The summed E-state index contributed by atoms with van der Waals surface area (Å²) in [5.74, 6) is 2.26. The van der Waals surface area contributed by atoms with Crippen molar-refractivity contribution >= 4 is 31.9 Å². The van der Waals surface area contributed by atoms with Gasteiger partial charge in [-0.25, -0.2) is 0 Å². The number of halogens is 2. The van der Waals surface area contributed by atoms with Crippen LogP contribution < -0.4 is 14.8 Å². The van der Waals surface area contributed by atoms with E-state index in [0.29, 0.717) is 5.92 Å². The second-order valence-electron chi connectivity index (χ2n) is 4.44. The van der Waals surface area contributed by atoms with Crippen molar-refractivity contribution in [3.8, 4) is 11.5 Å². The smallest absolute Gasteiger partial charge is 0.134 e. The second-order valence-corrected chi connectivity index (χ2v) is 6.15. The number of ether oxygens (including phenoxy) is 2. The molecule has 3 nitrogen and oxygen atoms in total. The molecule has 0 aliphatic carbocycles. The maximum Gasteiger partial charge on any atom is 0.134 e. The molecule has 0 aromatic heterocycles. The fraction of sp³-hybridized carbons (Fsp3) is 0.538. The molecule has 1 heterocycles. The molecular weight excluding hydrogens is 362 g/mol. The van der Waals surface area contributed by atoms with Gasteiger partial charge in [-0.3, -0.25) is 0 Å². The monoisotopic (exact) mass is 377 g/mol. The van der Waals surface area contributed by atoms with Gasteiger partial charge in [0.05, 0.1) is 22.7 Å². The highest BCUT2D eigenvalue weighted by Gasteiger charge is 2.15. The predicted molar refractivity (Wildman–Crippen MR) is 79.5 cm³/mol. The van der Waals surface area contributed by atoms with Crippen molar-refractivity contribution < 1.29 is 9.47 Å². The zero-order valence-corrected chi connectivity index (χ0v) is 13.5. The van der Waals surface area contributed by atoms with Gasteiger partial charge in [0.1, 0.15) is 11.5 Å². The number of piperidine rings is 1. The van der Waals surface area contributed by atoms with Gasteiger partial charge in [0.2, 0.25) is 0 Å². The van der Waals surface area contributed by atoms with E-state index in [9.17, 15) is 0 Å². The highest BCUT2D eigenvalue weighted by Crippen LogP contribution is 2.36. The molecule has 5 heteroatoms. The fourth-order valence-electron chi connectivity index (χ4n) is 2.05. The fourth-order valence-corrected chi connectivity index (χ4v) is 2.97. The lowest BCUT2D eigenvalue weighted by Gasteiger charge is -2.23. The molecule has 100 valence electrons. The van der Waals surface area contributed by atoms with Crippen molar-refractivity contribution in [3.05, 3.63) is 21.1 Å². The van der Waals surface area contributed by atoms with Gasteiger partial charge in [0.15, 0.2) is 0 Å². The third kappa shape index (κ3) is 3.62. The van der Waals surface area contributed by atoms with Gasteiger partial charge in [-0.05, 0) is 63.4 Å². The molecule has 0 radical (unpaired) electrons. The third-order valence-electron chi connectivity index (χ3n) is 3.08. The summed E-state index contributed by atoms with van der Waals surface area (Å²) in [6.07, 6.45) is 2.48. The average Bonchev–Trinajstić information content (AvgIpc) is 2.40. The summed E-state index contributed by atoms with van der Waals surface area (Å²) in [6, 6.07) is 3.86. The van der Waals surface area contributed by atoms with Crippen LogP contribution in [-0.4, -0.2) is 26.8 Å². The van der Waals surface area contributed by atoms with E-state index in [1.165, 1.54) is 12.8 Å². The van der Waals surface area contributed by atoms with Gasteiger partial charge in [0.25, 0.3) is 0 Å². The number of nitrogens with one attached hydrogen (secondary N) is 1. The number of rotatable bonds is 4. The topological polar surface area (TPSA) is 30.5 Å². The van der Waals surface area contributed by atoms with E-state index in [1.807, 2.05) is 12.1 Å². The molecule has 18 heavy (non-hydrogen) atoms. The molecule has 1 N–H and O–H groups in total. The number of hydrogen-bond acceptors (Lipinski definition) is 3. The first-order valence-electron chi connectivity index (χ1n) is 6.07. The van der Waals surface area contributed by atoms with Crippen molar-refractivity contribution in [1.29, 1.82) is 0 Å². The number of hydrogen-bond donors (Lipinski definition) is 1. The van der Waals surface area contributed by atoms with E-state index in [0.717, 1.165) is 40.1 Å². The molecule has 1 atom stereocenters. The summed E-state index contributed by atoms with van der Waals surface area (Å²) in [7, 11) is 1.65. The first-order valence-corrected chi connectivity index (χ1v) is 7.66. The van der Waals surface area contributed by atoms with Crippen LogP contribution in [0.2, 0.25) is 0 Å². The van der Waals surface area contributed by atoms with E-state index in [2.05, 4.69) is 37.2 Å². The van der Waals surface area contributed by atoms with Crippen LogP contribution in [0.1, 0.15) is 12.8 Å². The normalized spacial score (nSPS) is 19.6. The standard InChI is InChI=1S/C13H17Br2NO2/c1-17-12-5-11(15)13(6-10(12)14)18-8-9-3-2-4-16-7-9/h5-6,9,16H,2-4,7-8H2,1H3. The van der Waals surface area contributed by atoms with Crippen molar-refractivity contribution in [3.63, 3.8) is 0 Å². The molecule has 1 saturated heterocycles. The Hall–Kier alpha value is -0.260. The van der Waals surface area contributed by atoms with Crippen LogP contribution >= 0.6 is 31.9 Å². The zero-order chi connectivity index (χ0) is 13.0. The Balaban J connectivity index is 1.98. The van der Waals surface area contributed by atoms with Crippen molar-refractivity contribution in [2.24, 2.45) is 5.92 Å². The minimum absolute atomic E-state index is 0.603. The van der Waals surface area contributed by atoms with Crippen LogP contribution in [0.25, 0.3) is 0 Å². The van der Waals surface area contributed by atoms with Gasteiger partial charge in [-0.15, -0.1) is 0 Å². The van der Waals surface area contributed by atoms with Gasteiger partial charge < -0.3 is 14.8 Å². The highest BCUT2D eigenvalue weighted by molar-refractivity contribution is 9.11. The molecule has 1 aliphatic heterocycles. The Labute approximate surface area is 124 Å². The van der Waals surface area contributed by atoms with Crippen LogP contribution in [0.3, 0.4) is 0 Å². The Bertz CT molecular complexity index is 406. The van der Waals surface area contributed by atoms with Crippen LogP contribution in [0.15, 0.2) is 21.1 Å². The quantitative estimate of drug-likeness (QED) is 0.868. The van der Waals surface area contributed by atoms with E-state index < -0.39 is 0 Å². The maximum absolute atomic E-state index is 5.88. The Morgan fingerprint density at radius 3 is 2.67 bits per heavy atom. The average molecular weight is 379 g/mol. The van der Waals surface area contributed by atoms with Crippen LogP contribution in [0.5, 0.6) is 11.5 Å². The Morgan fingerprint density at radius 2 is 2.00 bits per heavy atom. The molecule has 0 bridgehead atoms. The van der Waals surface area contributed by atoms with Crippen molar-refractivity contribution in [2.75, 3.05) is 26.8 Å². The maximum atomic E-state index is 5.88. The SMILES string of the molecule is COc1cc(Br)c(OCC2CCCNC2)cc1Br. The highest BCUT2D eigenvalue weighted by atomic mass is 79.9. The van der Waals surface area contributed by atoms with E-state index in [-0.39, 0.29) is 0 Å². The molecule has 2 rings (SSSR count). The molecule has 0 spiro atoms. The van der Waals surface area contributed by atoms with Crippen LogP contribution in [0, 0.1) is 5.92 Å². The molecule has 1 aliphatic rings. The predicted octanol–water partition coefficient (Wildman–Crippen LogP) is 3.60. The molecule has 0 amide bonds. The van der Waals surface area contributed by atoms with Crippen molar-refractivity contribution in [2.45, 2.75) is 12.8 Å². The van der Waals surface area contributed by atoms with Crippen LogP contribution in [-0.2, 0) is 0 Å². The first-order chi connectivity index (χ1) is 8.70. The van der Waals surface area contributed by atoms with Gasteiger partial charge in [-0.2, -0.15) is 0 Å². The lowest BCUT2D eigenvalue weighted by atomic mass is 10.0. The summed E-state index contributed by atoms with van der Waals surface area (Å²) in [5, 5.41) is 3.39. The van der Waals surface area contributed by atoms with E-state index >= 15 is 0 Å².